The fourth-order valence-electron chi connectivity index (χ4n) is 7.00. The number of aliphatic hydroxyl groups excluding tert-OH is 1. The Morgan fingerprint density at radius 1 is 1.11 bits per heavy atom. The number of piperidine rings is 1. The van der Waals surface area contributed by atoms with E-state index in [1.165, 1.54) is 11.3 Å². The number of Topliss-reactive ketones (excluding diaryl/α,β-unsaturated/α-hetero) is 1. The third-order valence-corrected chi connectivity index (χ3v) is 10.1. The zero-order chi connectivity index (χ0) is 31.2. The van der Waals surface area contributed by atoms with Crippen molar-refractivity contribution >= 4 is 17.2 Å². The van der Waals surface area contributed by atoms with Gasteiger partial charge in [-0.25, -0.2) is 14.7 Å². The van der Waals surface area contributed by atoms with Crippen LogP contribution in [0.15, 0.2) is 29.4 Å². The van der Waals surface area contributed by atoms with E-state index in [0.29, 0.717) is 41.7 Å². The van der Waals surface area contributed by atoms with Gasteiger partial charge in [-0.1, -0.05) is 26.8 Å². The number of aromatic hydroxyl groups is 1. The number of rotatable bonds is 8. The number of aliphatic imine (C=N–C) groups is 1. The maximum Gasteiger partial charge on any atom is 0.178 e. The van der Waals surface area contributed by atoms with Crippen LogP contribution in [-0.4, -0.2) is 72.1 Å². The normalized spacial score (nSPS) is 19.9. The van der Waals surface area contributed by atoms with Crippen LogP contribution < -0.4 is 0 Å². The number of hydrogen-bond donors (Lipinski definition) is 2. The van der Waals surface area contributed by atoms with E-state index in [1.54, 1.807) is 11.6 Å². The summed E-state index contributed by atoms with van der Waals surface area (Å²) in [5.74, 6) is 1.47. The Hall–Kier alpha value is -3.43. The predicted octanol–water partition coefficient (Wildman–Crippen LogP) is 5.35. The fraction of sp³-hybridized carbons (Fsp3) is 0.571. The van der Waals surface area contributed by atoms with Crippen molar-refractivity contribution in [1.82, 2.24) is 24.6 Å². The molecule has 3 aliphatic rings. The highest BCUT2D eigenvalue weighted by Gasteiger charge is 2.32. The third kappa shape index (κ3) is 6.35. The van der Waals surface area contributed by atoms with E-state index in [1.807, 2.05) is 25.3 Å². The Bertz CT molecular complexity index is 1560. The first-order chi connectivity index (χ1) is 21.0. The summed E-state index contributed by atoms with van der Waals surface area (Å²) in [6, 6.07) is 6.13. The van der Waals surface area contributed by atoms with Gasteiger partial charge in [0.1, 0.15) is 5.69 Å². The van der Waals surface area contributed by atoms with E-state index >= 15 is 0 Å². The molecule has 0 aromatic carbocycles. The van der Waals surface area contributed by atoms with Crippen LogP contribution in [-0.2, 0) is 24.1 Å². The lowest BCUT2D eigenvalue weighted by Crippen LogP contribution is -2.37. The first-order valence-corrected chi connectivity index (χ1v) is 16.2. The number of pyridine rings is 2. The van der Waals surface area contributed by atoms with Crippen LogP contribution in [0.1, 0.15) is 92.7 Å². The molecule has 2 atom stereocenters. The molecule has 0 radical (unpaired) electrons. The zero-order valence-corrected chi connectivity index (χ0v) is 26.8. The minimum absolute atomic E-state index is 0.0233. The summed E-state index contributed by atoms with van der Waals surface area (Å²) >= 11 is 0. The van der Waals surface area contributed by atoms with E-state index in [9.17, 15) is 15.0 Å². The molecule has 234 valence electrons. The highest BCUT2D eigenvalue weighted by molar-refractivity contribution is 6.41. The van der Waals surface area contributed by atoms with Crippen LogP contribution in [0.4, 0.5) is 5.69 Å². The summed E-state index contributed by atoms with van der Waals surface area (Å²) < 4.78 is 1.65. The van der Waals surface area contributed by atoms with Gasteiger partial charge < -0.3 is 15.1 Å². The lowest BCUT2D eigenvalue weighted by Gasteiger charge is -2.34. The van der Waals surface area contributed by atoms with Gasteiger partial charge in [0.05, 0.1) is 28.9 Å². The van der Waals surface area contributed by atoms with Crippen molar-refractivity contribution in [2.75, 3.05) is 19.6 Å². The van der Waals surface area contributed by atoms with Crippen LogP contribution in [0.3, 0.4) is 0 Å². The van der Waals surface area contributed by atoms with Crippen molar-refractivity contribution in [3.8, 4) is 11.6 Å². The number of aromatic nitrogens is 4. The van der Waals surface area contributed by atoms with Gasteiger partial charge in [0.2, 0.25) is 0 Å². The van der Waals surface area contributed by atoms with Crippen molar-refractivity contribution in [3.63, 3.8) is 0 Å². The van der Waals surface area contributed by atoms with Gasteiger partial charge in [-0.2, -0.15) is 5.10 Å². The Morgan fingerprint density at radius 2 is 1.89 bits per heavy atom. The molecule has 5 heterocycles. The van der Waals surface area contributed by atoms with Gasteiger partial charge in [0.15, 0.2) is 17.4 Å². The number of aliphatic hydroxyl groups is 1. The van der Waals surface area contributed by atoms with E-state index in [-0.39, 0.29) is 29.0 Å². The number of carbonyl (C=O) groups excluding carboxylic acids is 1. The minimum atomic E-state index is -0.213. The quantitative estimate of drug-likeness (QED) is 0.359. The number of aryl methyl sites for hydroxylation is 2. The Balaban J connectivity index is 1.20. The van der Waals surface area contributed by atoms with Crippen LogP contribution in [0.2, 0.25) is 0 Å². The van der Waals surface area contributed by atoms with E-state index < -0.39 is 0 Å². The van der Waals surface area contributed by atoms with Gasteiger partial charge in [0, 0.05) is 37.8 Å². The van der Waals surface area contributed by atoms with Crippen molar-refractivity contribution in [2.45, 2.75) is 98.0 Å². The number of carbonyl (C=O) groups is 1. The summed E-state index contributed by atoms with van der Waals surface area (Å²) in [5.41, 5.74) is 7.34. The molecule has 0 amide bonds. The molecule has 2 aliphatic heterocycles. The molecule has 0 spiro atoms. The maximum absolute atomic E-state index is 13.8. The van der Waals surface area contributed by atoms with Crippen LogP contribution >= 0.6 is 0 Å². The second-order valence-corrected chi connectivity index (χ2v) is 14.2. The molecule has 1 fully saturated rings. The standard InChI is InChI=1S/C35H46N6O3/c1-21-34(44)22(2)41(39-21)33-9-6-24(20-36-33)23(10-13-40-14-11-27(42)12-15-40)18-32(43)31-19-30-29(38-31)17-25-16-26(35(3,4)5)7-8-28(25)37-30/h6,9,17,20,23,26-27,42,44H,7-8,10-16,18-19H2,1-5H3/t23-,26-/m0/s1. The first-order valence-electron chi connectivity index (χ1n) is 16.2. The zero-order valence-electron chi connectivity index (χ0n) is 26.8. The molecule has 3 aromatic rings. The van der Waals surface area contributed by atoms with Crippen molar-refractivity contribution < 1.29 is 15.0 Å². The predicted molar refractivity (Wildman–Crippen MR) is 171 cm³/mol. The number of fused-ring (bicyclic) bond motifs is 2. The Kier molecular flexibility index (Phi) is 8.46. The third-order valence-electron chi connectivity index (χ3n) is 10.1. The van der Waals surface area contributed by atoms with Gasteiger partial charge in [-0.15, -0.1) is 0 Å². The number of ketones is 1. The fourth-order valence-corrected chi connectivity index (χ4v) is 7.00. The molecule has 0 saturated carbocycles. The van der Waals surface area contributed by atoms with Gasteiger partial charge in [-0.05, 0) is 99.4 Å². The lowest BCUT2D eigenvalue weighted by molar-refractivity contribution is -0.113. The SMILES string of the molecule is Cc1nn(-c2ccc([C@@H](CCN3CCC(O)CC3)CC(=O)C3=Nc4cc5c(nc4C3)CC[C@H](C(C)(C)C)C5)cn2)c(C)c1O. The highest BCUT2D eigenvalue weighted by atomic mass is 16.3. The first kappa shape index (κ1) is 30.6. The topological polar surface area (TPSA) is 117 Å². The van der Waals surface area contributed by atoms with Crippen molar-refractivity contribution in [3.05, 3.63) is 58.3 Å². The van der Waals surface area contributed by atoms with Crippen molar-refractivity contribution in [1.29, 1.82) is 0 Å². The van der Waals surface area contributed by atoms with Gasteiger partial charge in [-0.3, -0.25) is 9.78 Å². The second-order valence-electron chi connectivity index (χ2n) is 14.2. The molecule has 9 nitrogen and oxygen atoms in total. The average molecular weight is 599 g/mol. The van der Waals surface area contributed by atoms with E-state index in [0.717, 1.165) is 75.1 Å². The molecular weight excluding hydrogens is 552 g/mol. The second kappa shape index (κ2) is 12.2. The smallest absolute Gasteiger partial charge is 0.178 e. The Labute approximate surface area is 260 Å². The average Bonchev–Trinajstić information content (AvgIpc) is 3.53. The maximum atomic E-state index is 13.8. The molecule has 9 heteroatoms. The molecule has 2 N–H and O–H groups in total. The summed E-state index contributed by atoms with van der Waals surface area (Å²) in [6.45, 7) is 13.1. The number of hydrogen-bond acceptors (Lipinski definition) is 8. The molecule has 1 aliphatic carbocycles. The van der Waals surface area contributed by atoms with Crippen molar-refractivity contribution in [2.24, 2.45) is 16.3 Å². The minimum Gasteiger partial charge on any atom is -0.504 e. The summed E-state index contributed by atoms with van der Waals surface area (Å²) in [4.78, 5) is 30.7. The molecular formula is C35H46N6O3. The van der Waals surface area contributed by atoms with Crippen LogP contribution in [0, 0.1) is 25.2 Å². The molecule has 0 unspecified atom stereocenters. The summed E-state index contributed by atoms with van der Waals surface area (Å²) in [7, 11) is 0. The monoisotopic (exact) mass is 598 g/mol. The molecule has 6 rings (SSSR count). The van der Waals surface area contributed by atoms with Gasteiger partial charge in [0.25, 0.3) is 0 Å². The van der Waals surface area contributed by atoms with Gasteiger partial charge >= 0.3 is 0 Å². The molecule has 1 saturated heterocycles. The number of nitrogens with zero attached hydrogens (tertiary/aromatic N) is 6. The lowest BCUT2D eigenvalue weighted by atomic mass is 9.71. The summed E-state index contributed by atoms with van der Waals surface area (Å²) in [6.07, 6.45) is 8.04. The number of likely N-dealkylation sites (tertiary alicyclic amines) is 1. The Morgan fingerprint density at radius 3 is 2.55 bits per heavy atom. The van der Waals surface area contributed by atoms with E-state index in [2.05, 4.69) is 41.8 Å². The van der Waals surface area contributed by atoms with E-state index in [4.69, 9.17) is 9.98 Å². The highest BCUT2D eigenvalue weighted by Crippen LogP contribution is 2.39. The van der Waals surface area contributed by atoms with Crippen LogP contribution in [0.25, 0.3) is 5.82 Å². The molecule has 44 heavy (non-hydrogen) atoms. The largest absolute Gasteiger partial charge is 0.504 e. The molecule has 0 bridgehead atoms. The molecule has 3 aromatic heterocycles. The summed E-state index contributed by atoms with van der Waals surface area (Å²) in [5, 5.41) is 24.6. The van der Waals surface area contributed by atoms with Crippen LogP contribution in [0.5, 0.6) is 5.75 Å².